The molecule has 2 aromatic rings. The van der Waals surface area contributed by atoms with Gasteiger partial charge in [0.25, 0.3) is 0 Å². The maximum Gasteiger partial charge on any atom is 0.131 e. The maximum absolute atomic E-state index is 6.03. The minimum atomic E-state index is 0.432. The molecule has 0 aliphatic carbocycles. The highest BCUT2D eigenvalue weighted by Crippen LogP contribution is 2.37. The molecule has 1 heterocycles. The van der Waals surface area contributed by atoms with Crippen LogP contribution in [0.3, 0.4) is 0 Å². The monoisotopic (exact) mass is 255 g/mol. The second-order valence-corrected chi connectivity index (χ2v) is 5.20. The van der Waals surface area contributed by atoms with Gasteiger partial charge < -0.3 is 10.1 Å². The number of benzene rings is 2. The zero-order valence-electron chi connectivity index (χ0n) is 11.5. The summed E-state index contributed by atoms with van der Waals surface area (Å²) in [4.78, 5) is 0. The Morgan fingerprint density at radius 3 is 3.00 bits per heavy atom. The Balaban J connectivity index is 2.06. The van der Waals surface area contributed by atoms with E-state index in [9.17, 15) is 0 Å². The molecule has 1 unspecified atom stereocenters. The molecule has 2 nitrogen and oxygen atoms in total. The molecule has 0 bridgehead atoms. The first-order valence-corrected chi connectivity index (χ1v) is 7.28. The number of ether oxygens (including phenoxy) is 1. The van der Waals surface area contributed by atoms with E-state index in [1.165, 1.54) is 22.8 Å². The SMILES string of the molecule is CCCNC1CCCOc2c1ccc1ccccc21. The summed E-state index contributed by atoms with van der Waals surface area (Å²) in [5.74, 6) is 1.09. The Bertz CT molecular complexity index is 564. The number of fused-ring (bicyclic) bond motifs is 3. The largest absolute Gasteiger partial charge is 0.493 e. The average Bonchev–Trinajstić information content (AvgIpc) is 2.67. The van der Waals surface area contributed by atoms with Crippen LogP contribution in [-0.4, -0.2) is 13.2 Å². The van der Waals surface area contributed by atoms with Gasteiger partial charge >= 0.3 is 0 Å². The second kappa shape index (κ2) is 5.62. The molecule has 0 aromatic heterocycles. The molecular formula is C17H21NO. The fourth-order valence-electron chi connectivity index (χ4n) is 2.84. The fourth-order valence-corrected chi connectivity index (χ4v) is 2.84. The van der Waals surface area contributed by atoms with E-state index in [-0.39, 0.29) is 0 Å². The van der Waals surface area contributed by atoms with E-state index in [1.807, 2.05) is 0 Å². The summed E-state index contributed by atoms with van der Waals surface area (Å²) in [6, 6.07) is 13.4. The Kier molecular flexibility index (Phi) is 3.69. The van der Waals surface area contributed by atoms with Gasteiger partial charge in [0.2, 0.25) is 0 Å². The Hall–Kier alpha value is -1.54. The van der Waals surface area contributed by atoms with Crippen LogP contribution in [0, 0.1) is 0 Å². The van der Waals surface area contributed by atoms with Gasteiger partial charge in [0.1, 0.15) is 5.75 Å². The Labute approximate surface area is 114 Å². The van der Waals surface area contributed by atoms with E-state index in [4.69, 9.17) is 4.74 Å². The number of hydrogen-bond donors (Lipinski definition) is 1. The predicted molar refractivity (Wildman–Crippen MR) is 79.7 cm³/mol. The summed E-state index contributed by atoms with van der Waals surface area (Å²) >= 11 is 0. The third kappa shape index (κ3) is 2.45. The minimum absolute atomic E-state index is 0.432. The van der Waals surface area contributed by atoms with Gasteiger partial charge in [0, 0.05) is 17.0 Å². The van der Waals surface area contributed by atoms with Crippen molar-refractivity contribution < 1.29 is 4.74 Å². The molecule has 0 fully saturated rings. The van der Waals surface area contributed by atoms with Crippen LogP contribution in [0.1, 0.15) is 37.8 Å². The van der Waals surface area contributed by atoms with E-state index in [0.717, 1.165) is 31.7 Å². The number of nitrogens with one attached hydrogen (secondary N) is 1. The van der Waals surface area contributed by atoms with Crippen LogP contribution in [0.2, 0.25) is 0 Å². The molecule has 0 saturated heterocycles. The van der Waals surface area contributed by atoms with Gasteiger partial charge in [-0.3, -0.25) is 0 Å². The van der Waals surface area contributed by atoms with Crippen molar-refractivity contribution >= 4 is 10.8 Å². The summed E-state index contributed by atoms with van der Waals surface area (Å²) in [6.07, 6.45) is 3.44. The molecule has 100 valence electrons. The van der Waals surface area contributed by atoms with E-state index in [0.29, 0.717) is 6.04 Å². The molecule has 1 N–H and O–H groups in total. The third-order valence-electron chi connectivity index (χ3n) is 3.81. The van der Waals surface area contributed by atoms with E-state index < -0.39 is 0 Å². The van der Waals surface area contributed by atoms with Gasteiger partial charge in [-0.25, -0.2) is 0 Å². The number of rotatable bonds is 3. The van der Waals surface area contributed by atoms with Crippen LogP contribution < -0.4 is 10.1 Å². The van der Waals surface area contributed by atoms with Crippen LogP contribution >= 0.6 is 0 Å². The zero-order chi connectivity index (χ0) is 13.1. The van der Waals surface area contributed by atoms with Gasteiger partial charge in [0.05, 0.1) is 6.61 Å². The summed E-state index contributed by atoms with van der Waals surface area (Å²) in [5.41, 5.74) is 1.32. The first kappa shape index (κ1) is 12.5. The Morgan fingerprint density at radius 2 is 2.11 bits per heavy atom. The second-order valence-electron chi connectivity index (χ2n) is 5.20. The van der Waals surface area contributed by atoms with Crippen molar-refractivity contribution in [1.29, 1.82) is 0 Å². The lowest BCUT2D eigenvalue weighted by molar-refractivity contribution is 0.318. The molecule has 0 saturated carbocycles. The molecule has 3 rings (SSSR count). The summed E-state index contributed by atoms with van der Waals surface area (Å²) in [5, 5.41) is 6.15. The molecule has 19 heavy (non-hydrogen) atoms. The molecule has 0 amide bonds. The highest BCUT2D eigenvalue weighted by Gasteiger charge is 2.20. The zero-order valence-corrected chi connectivity index (χ0v) is 11.5. The Morgan fingerprint density at radius 1 is 1.21 bits per heavy atom. The fraction of sp³-hybridized carbons (Fsp3) is 0.412. The summed E-state index contributed by atoms with van der Waals surface area (Å²) in [6.45, 7) is 4.10. The lowest BCUT2D eigenvalue weighted by Gasteiger charge is -2.19. The summed E-state index contributed by atoms with van der Waals surface area (Å²) < 4.78 is 6.03. The van der Waals surface area contributed by atoms with E-state index >= 15 is 0 Å². The van der Waals surface area contributed by atoms with Gasteiger partial charge in [-0.05, 0) is 31.2 Å². The van der Waals surface area contributed by atoms with Gasteiger partial charge in [-0.1, -0.05) is 43.3 Å². The lowest BCUT2D eigenvalue weighted by Crippen LogP contribution is -2.21. The minimum Gasteiger partial charge on any atom is -0.493 e. The van der Waals surface area contributed by atoms with Crippen LogP contribution in [0.5, 0.6) is 5.75 Å². The van der Waals surface area contributed by atoms with E-state index in [2.05, 4.69) is 48.6 Å². The molecule has 1 atom stereocenters. The van der Waals surface area contributed by atoms with Gasteiger partial charge in [0.15, 0.2) is 0 Å². The molecule has 2 aromatic carbocycles. The van der Waals surface area contributed by atoms with Crippen molar-refractivity contribution in [2.75, 3.05) is 13.2 Å². The lowest BCUT2D eigenvalue weighted by atomic mass is 9.98. The predicted octanol–water partition coefficient (Wildman–Crippen LogP) is 4.05. The average molecular weight is 255 g/mol. The van der Waals surface area contributed by atoms with Crippen LogP contribution in [0.4, 0.5) is 0 Å². The van der Waals surface area contributed by atoms with Crippen molar-refractivity contribution in [3.05, 3.63) is 42.0 Å². The smallest absolute Gasteiger partial charge is 0.131 e. The standard InChI is InChI=1S/C17H21NO/c1-2-11-18-16-8-5-12-19-17-14-7-4-3-6-13(14)9-10-15(16)17/h3-4,6-7,9-10,16,18H,2,5,8,11-12H2,1H3. The highest BCUT2D eigenvalue weighted by molar-refractivity contribution is 5.89. The third-order valence-corrected chi connectivity index (χ3v) is 3.81. The molecule has 1 aliphatic heterocycles. The quantitative estimate of drug-likeness (QED) is 0.893. The number of hydrogen-bond acceptors (Lipinski definition) is 2. The molecule has 2 heteroatoms. The van der Waals surface area contributed by atoms with Gasteiger partial charge in [-0.15, -0.1) is 0 Å². The van der Waals surface area contributed by atoms with Crippen molar-refractivity contribution in [3.63, 3.8) is 0 Å². The highest BCUT2D eigenvalue weighted by atomic mass is 16.5. The molecular weight excluding hydrogens is 234 g/mol. The molecule has 1 aliphatic rings. The summed E-state index contributed by atoms with van der Waals surface area (Å²) in [7, 11) is 0. The van der Waals surface area contributed by atoms with Crippen molar-refractivity contribution in [1.82, 2.24) is 5.32 Å². The van der Waals surface area contributed by atoms with Crippen LogP contribution in [0.25, 0.3) is 10.8 Å². The van der Waals surface area contributed by atoms with Crippen molar-refractivity contribution in [2.24, 2.45) is 0 Å². The maximum atomic E-state index is 6.03. The van der Waals surface area contributed by atoms with Crippen LogP contribution in [0.15, 0.2) is 36.4 Å². The van der Waals surface area contributed by atoms with Crippen LogP contribution in [-0.2, 0) is 0 Å². The normalized spacial score (nSPS) is 18.7. The first-order valence-electron chi connectivity index (χ1n) is 7.28. The van der Waals surface area contributed by atoms with Gasteiger partial charge in [-0.2, -0.15) is 0 Å². The molecule has 0 spiro atoms. The van der Waals surface area contributed by atoms with E-state index in [1.54, 1.807) is 0 Å². The van der Waals surface area contributed by atoms with Crippen molar-refractivity contribution in [2.45, 2.75) is 32.2 Å². The molecule has 0 radical (unpaired) electrons. The first-order chi connectivity index (χ1) is 9.40. The topological polar surface area (TPSA) is 21.3 Å². The van der Waals surface area contributed by atoms with Crippen molar-refractivity contribution in [3.8, 4) is 5.75 Å².